The van der Waals surface area contributed by atoms with Crippen molar-refractivity contribution in [1.29, 1.82) is 0 Å². The molecule has 26 heavy (non-hydrogen) atoms. The van der Waals surface area contributed by atoms with Crippen molar-refractivity contribution >= 4 is 22.1 Å². The minimum absolute atomic E-state index is 0.267. The molecule has 9 heteroatoms. The molecule has 0 fully saturated rings. The van der Waals surface area contributed by atoms with Crippen LogP contribution in [0.2, 0.25) is 0 Å². The van der Waals surface area contributed by atoms with Crippen LogP contribution in [-0.2, 0) is 18.2 Å². The van der Waals surface area contributed by atoms with Gasteiger partial charge in [-0.2, -0.15) is 28.6 Å². The number of hydrogen-bond acceptors (Lipinski definition) is 1. The number of alkyl halides is 5. The Morgan fingerprint density at radius 2 is 1.35 bits per heavy atom. The van der Waals surface area contributed by atoms with Crippen molar-refractivity contribution in [1.82, 2.24) is 0 Å². The second-order valence-electron chi connectivity index (χ2n) is 7.77. The molecule has 0 aliphatic heterocycles. The summed E-state index contributed by atoms with van der Waals surface area (Å²) in [5.41, 5.74) is 0. The molecule has 0 spiro atoms. The zero-order chi connectivity index (χ0) is 21.2. The van der Waals surface area contributed by atoms with Crippen molar-refractivity contribution in [3.8, 4) is 5.75 Å². The zero-order valence-corrected chi connectivity index (χ0v) is 18.7. The third-order valence-electron chi connectivity index (χ3n) is 4.12. The van der Waals surface area contributed by atoms with Crippen molar-refractivity contribution in [2.45, 2.75) is 64.1 Å². The van der Waals surface area contributed by atoms with Crippen LogP contribution >= 0.6 is 16.8 Å². The molecular formula is C17H24ClF5OPPd+. The number of halogens is 6. The van der Waals surface area contributed by atoms with Crippen LogP contribution in [0.15, 0.2) is 24.3 Å². The number of rotatable bonds is 3. The monoisotopic (exact) mass is 511 g/mol. The molecule has 0 atom stereocenters. The first-order chi connectivity index (χ1) is 11.4. The molecule has 0 saturated carbocycles. The fourth-order valence-corrected chi connectivity index (χ4v) is 7.02. The summed E-state index contributed by atoms with van der Waals surface area (Å²) in [6.07, 6.45) is -11.0. The summed E-state index contributed by atoms with van der Waals surface area (Å²) in [6.45, 7) is 16.4. The summed E-state index contributed by atoms with van der Waals surface area (Å²) in [4.78, 5) is 0. The maximum atomic E-state index is 13.2. The van der Waals surface area contributed by atoms with E-state index in [1.165, 1.54) is 12.1 Å². The van der Waals surface area contributed by atoms with Gasteiger partial charge in [-0.15, -0.1) is 0 Å². The van der Waals surface area contributed by atoms with Gasteiger partial charge < -0.3 is 4.74 Å². The normalized spacial score (nSPS) is 13.8. The SMILES string of the molecule is [CH2-][P+](c1cccc(OC(F)(F)C(F)(F)F)c1)(C(C)(C)C)C(C)(C)C.[Cl][Pd+]. The molecule has 1 aromatic rings. The molecule has 0 aliphatic carbocycles. The van der Waals surface area contributed by atoms with Crippen LogP contribution in [0.3, 0.4) is 0 Å². The summed E-state index contributed by atoms with van der Waals surface area (Å²) in [5.74, 6) is -0.517. The summed E-state index contributed by atoms with van der Waals surface area (Å²) in [7, 11) is 2.31. The van der Waals surface area contributed by atoms with Gasteiger partial charge in [0.2, 0.25) is 0 Å². The molecule has 1 aromatic carbocycles. The number of benzene rings is 1. The van der Waals surface area contributed by atoms with Crippen molar-refractivity contribution in [3.63, 3.8) is 0 Å². The fraction of sp³-hybridized carbons (Fsp3) is 0.588. The van der Waals surface area contributed by atoms with Gasteiger partial charge in [-0.25, -0.2) is 0 Å². The van der Waals surface area contributed by atoms with E-state index in [-0.39, 0.29) is 10.3 Å². The average Bonchev–Trinajstić information content (AvgIpc) is 2.44. The Hall–Kier alpha value is 0.0523. The molecule has 0 aromatic heterocycles. The first kappa shape index (κ1) is 26.1. The molecule has 0 unspecified atom stereocenters. The molecule has 0 radical (unpaired) electrons. The van der Waals surface area contributed by atoms with E-state index in [1.54, 1.807) is 6.07 Å². The van der Waals surface area contributed by atoms with Gasteiger partial charge in [-0.3, -0.25) is 0 Å². The van der Waals surface area contributed by atoms with E-state index in [2.05, 4.69) is 39.1 Å². The van der Waals surface area contributed by atoms with Gasteiger partial charge in [0, 0.05) is 6.07 Å². The van der Waals surface area contributed by atoms with Gasteiger partial charge in [-0.05, 0) is 53.7 Å². The van der Waals surface area contributed by atoms with Gasteiger partial charge in [0.05, 0.1) is 15.6 Å². The van der Waals surface area contributed by atoms with Gasteiger partial charge >= 0.3 is 40.0 Å². The molecule has 0 amide bonds. The predicted octanol–water partition coefficient (Wildman–Crippen LogP) is 6.94. The van der Waals surface area contributed by atoms with E-state index in [0.29, 0.717) is 5.30 Å². The summed E-state index contributed by atoms with van der Waals surface area (Å²) < 4.78 is 67.3. The predicted molar refractivity (Wildman–Crippen MR) is 95.3 cm³/mol. The Morgan fingerprint density at radius 3 is 1.69 bits per heavy atom. The molecule has 1 nitrogen and oxygen atoms in total. The molecule has 0 heterocycles. The van der Waals surface area contributed by atoms with E-state index in [4.69, 9.17) is 0 Å². The average molecular weight is 512 g/mol. The van der Waals surface area contributed by atoms with E-state index < -0.39 is 25.3 Å². The van der Waals surface area contributed by atoms with Crippen LogP contribution in [-0.4, -0.2) is 22.6 Å². The van der Waals surface area contributed by atoms with Crippen molar-refractivity contribution in [2.75, 3.05) is 0 Å². The quantitative estimate of drug-likeness (QED) is 0.185. The van der Waals surface area contributed by atoms with E-state index in [9.17, 15) is 22.0 Å². The summed E-state index contributed by atoms with van der Waals surface area (Å²) in [6, 6.07) is 5.50. The molecule has 1 rings (SSSR count). The topological polar surface area (TPSA) is 9.23 Å². The van der Waals surface area contributed by atoms with Crippen molar-refractivity contribution in [3.05, 3.63) is 30.9 Å². The minimum atomic E-state index is -5.77. The van der Waals surface area contributed by atoms with Crippen LogP contribution in [0.5, 0.6) is 5.75 Å². The molecular weight excluding hydrogens is 488 g/mol. The van der Waals surface area contributed by atoms with Gasteiger partial charge in [-0.1, -0.05) is 13.3 Å². The van der Waals surface area contributed by atoms with Gasteiger partial charge in [0.15, 0.2) is 0 Å². The maximum absolute atomic E-state index is 13.2. The Kier molecular flexibility index (Phi) is 8.62. The Bertz CT molecular complexity index is 580. The van der Waals surface area contributed by atoms with Crippen LogP contribution in [0, 0.1) is 6.66 Å². The number of ether oxygens (including phenoxy) is 1. The molecule has 0 saturated heterocycles. The first-order valence-corrected chi connectivity index (χ1v) is 11.5. The fourth-order valence-electron chi connectivity index (χ4n) is 2.77. The van der Waals surface area contributed by atoms with E-state index in [0.717, 1.165) is 6.07 Å². The molecule has 0 bridgehead atoms. The Balaban J connectivity index is 0.00000301. The van der Waals surface area contributed by atoms with Crippen molar-refractivity contribution in [2.24, 2.45) is 0 Å². The zero-order valence-electron chi connectivity index (χ0n) is 15.5. The number of hydrogen-bond donors (Lipinski definition) is 0. The van der Waals surface area contributed by atoms with E-state index >= 15 is 0 Å². The first-order valence-electron chi connectivity index (χ1n) is 7.53. The standard InChI is InChI=1S/C17H24F5OP.ClH.Pd/c1-14(2,3)24(7,15(4,5)6)13-10-8-9-12(11-13)23-17(21,22)16(18,19)20;;/h8-11H,7H2,1-6H3;1H;/q;;+2/p-1. The molecule has 0 aliphatic rings. The van der Waals surface area contributed by atoms with Crippen LogP contribution < -0.4 is 10.0 Å². The Labute approximate surface area is 167 Å². The van der Waals surface area contributed by atoms with Crippen molar-refractivity contribution < 1.29 is 44.9 Å². The van der Waals surface area contributed by atoms with Crippen LogP contribution in [0.1, 0.15) is 41.5 Å². The second kappa shape index (κ2) is 8.60. The Morgan fingerprint density at radius 1 is 0.923 bits per heavy atom. The third kappa shape index (κ3) is 5.54. The van der Waals surface area contributed by atoms with E-state index in [1.807, 2.05) is 41.5 Å². The molecule has 154 valence electrons. The van der Waals surface area contributed by atoms with Gasteiger partial charge in [0.25, 0.3) is 0 Å². The summed E-state index contributed by atoms with van der Waals surface area (Å²) >= 11 is 2.22. The van der Waals surface area contributed by atoms with Crippen LogP contribution in [0.4, 0.5) is 22.0 Å². The third-order valence-corrected chi connectivity index (χ3v) is 9.87. The second-order valence-corrected chi connectivity index (χ2v) is 12.6. The van der Waals surface area contributed by atoms with Gasteiger partial charge in [0.1, 0.15) is 5.75 Å². The molecule has 0 N–H and O–H groups in total. The van der Waals surface area contributed by atoms with Crippen LogP contribution in [0.25, 0.3) is 0 Å². The summed E-state index contributed by atoms with van der Waals surface area (Å²) in [5, 5.41) is 0.116.